The van der Waals surface area contributed by atoms with Crippen LogP contribution < -0.4 is 4.74 Å². The van der Waals surface area contributed by atoms with E-state index in [-0.39, 0.29) is 17.9 Å². The van der Waals surface area contributed by atoms with Crippen molar-refractivity contribution < 1.29 is 19.4 Å². The van der Waals surface area contributed by atoms with Gasteiger partial charge in [0, 0.05) is 16.6 Å². The molecule has 1 fully saturated rings. The fraction of sp³-hybridized carbons (Fsp3) is 0.240. The minimum Gasteiger partial charge on any atom is -0.507 e. The van der Waals surface area contributed by atoms with E-state index in [4.69, 9.17) is 4.74 Å². The number of pyridine rings is 1. The number of aromatic nitrogens is 1. The van der Waals surface area contributed by atoms with Gasteiger partial charge in [-0.3, -0.25) is 14.6 Å². The summed E-state index contributed by atoms with van der Waals surface area (Å²) in [6, 6.07) is 13.6. The van der Waals surface area contributed by atoms with Crippen LogP contribution in [-0.4, -0.2) is 33.3 Å². The first-order chi connectivity index (χ1) is 15.5. The number of amides is 1. The molecule has 1 unspecified atom stereocenters. The number of likely N-dealkylation sites (tertiary alicyclic amines) is 1. The van der Waals surface area contributed by atoms with Crippen molar-refractivity contribution in [1.82, 2.24) is 9.88 Å². The number of thiophene rings is 1. The van der Waals surface area contributed by atoms with E-state index in [0.717, 1.165) is 22.6 Å². The van der Waals surface area contributed by atoms with Crippen LogP contribution in [0.2, 0.25) is 0 Å². The predicted octanol–water partition coefficient (Wildman–Crippen LogP) is 4.86. The predicted molar refractivity (Wildman–Crippen MR) is 123 cm³/mol. The molecule has 4 rings (SSSR count). The number of benzene rings is 1. The molecule has 1 atom stereocenters. The second-order valence-corrected chi connectivity index (χ2v) is 8.62. The van der Waals surface area contributed by atoms with Gasteiger partial charge in [0.15, 0.2) is 0 Å². The number of aliphatic hydroxyl groups excluding tert-OH is 1. The summed E-state index contributed by atoms with van der Waals surface area (Å²) in [5.74, 6) is -0.838. The smallest absolute Gasteiger partial charge is 0.296 e. The fourth-order valence-corrected chi connectivity index (χ4v) is 4.49. The summed E-state index contributed by atoms with van der Waals surface area (Å²) in [7, 11) is 0. The molecule has 1 N–H and O–H groups in total. The summed E-state index contributed by atoms with van der Waals surface area (Å²) < 4.78 is 5.71. The molecule has 3 heterocycles. The van der Waals surface area contributed by atoms with E-state index < -0.39 is 17.7 Å². The van der Waals surface area contributed by atoms with Crippen LogP contribution in [0.4, 0.5) is 0 Å². The maximum absolute atomic E-state index is 13.1. The van der Waals surface area contributed by atoms with Gasteiger partial charge in [0.25, 0.3) is 11.7 Å². The second kappa shape index (κ2) is 9.36. The Morgan fingerprint density at radius 1 is 1.19 bits per heavy atom. The summed E-state index contributed by atoms with van der Waals surface area (Å²) in [5, 5.41) is 13.1. The van der Waals surface area contributed by atoms with Crippen LogP contribution in [0.25, 0.3) is 5.76 Å². The van der Waals surface area contributed by atoms with Gasteiger partial charge in [0.1, 0.15) is 17.6 Å². The van der Waals surface area contributed by atoms with E-state index in [9.17, 15) is 14.7 Å². The summed E-state index contributed by atoms with van der Waals surface area (Å²) >= 11 is 1.51. The lowest BCUT2D eigenvalue weighted by atomic mass is 9.97. The molecule has 32 heavy (non-hydrogen) atoms. The van der Waals surface area contributed by atoms with Crippen molar-refractivity contribution in [1.29, 1.82) is 0 Å². The number of ether oxygens (including phenoxy) is 1. The third kappa shape index (κ3) is 4.16. The highest BCUT2D eigenvalue weighted by Crippen LogP contribution is 2.40. The molecule has 1 aromatic carbocycles. The SMILES string of the molecule is CCCOc1ccc(/C(O)=C2/C(=O)C(=O)N(Cc3cccs3)C2c2ccccn2)cc1C. The summed E-state index contributed by atoms with van der Waals surface area (Å²) in [5.41, 5.74) is 1.88. The Morgan fingerprint density at radius 3 is 2.69 bits per heavy atom. The van der Waals surface area contributed by atoms with Crippen LogP contribution in [0.3, 0.4) is 0 Å². The minimum absolute atomic E-state index is 0.0480. The van der Waals surface area contributed by atoms with Crippen molar-refractivity contribution >= 4 is 28.8 Å². The molecule has 1 aliphatic heterocycles. The Kier molecular flexibility index (Phi) is 6.37. The summed E-state index contributed by atoms with van der Waals surface area (Å²) in [6.45, 7) is 4.78. The van der Waals surface area contributed by atoms with Crippen LogP contribution in [0.15, 0.2) is 65.7 Å². The Hall–Kier alpha value is -3.45. The van der Waals surface area contributed by atoms with E-state index in [2.05, 4.69) is 4.98 Å². The lowest BCUT2D eigenvalue weighted by Crippen LogP contribution is -2.29. The van der Waals surface area contributed by atoms with Gasteiger partial charge in [0.05, 0.1) is 24.4 Å². The standard InChI is InChI=1S/C25H24N2O4S/c1-3-12-31-20-10-9-17(14-16(20)2)23(28)21-22(19-8-4-5-11-26-19)27(25(30)24(21)29)15-18-7-6-13-32-18/h4-11,13-14,22,28H,3,12,15H2,1-2H3/b23-21-. The zero-order valence-electron chi connectivity index (χ0n) is 17.9. The normalized spacial score (nSPS) is 17.7. The van der Waals surface area contributed by atoms with Gasteiger partial charge >= 0.3 is 0 Å². The number of carbonyl (C=O) groups is 2. The largest absolute Gasteiger partial charge is 0.507 e. The molecule has 6 nitrogen and oxygen atoms in total. The van der Waals surface area contributed by atoms with Gasteiger partial charge in [-0.1, -0.05) is 19.1 Å². The second-order valence-electron chi connectivity index (χ2n) is 7.59. The van der Waals surface area contributed by atoms with Gasteiger partial charge in [-0.2, -0.15) is 0 Å². The number of carbonyl (C=O) groups excluding carboxylic acids is 2. The zero-order valence-corrected chi connectivity index (χ0v) is 18.8. The number of ketones is 1. The molecule has 0 aliphatic carbocycles. The Labute approximate surface area is 190 Å². The quantitative estimate of drug-likeness (QED) is 0.317. The summed E-state index contributed by atoms with van der Waals surface area (Å²) in [4.78, 5) is 32.9. The third-order valence-electron chi connectivity index (χ3n) is 5.32. The fourth-order valence-electron chi connectivity index (χ4n) is 3.78. The monoisotopic (exact) mass is 448 g/mol. The number of Topliss-reactive ketones (excluding diaryl/α,β-unsaturated/α-hetero) is 1. The maximum Gasteiger partial charge on any atom is 0.296 e. The molecule has 1 saturated heterocycles. The average Bonchev–Trinajstić information content (AvgIpc) is 3.41. The van der Waals surface area contributed by atoms with Gasteiger partial charge in [-0.25, -0.2) is 0 Å². The van der Waals surface area contributed by atoms with Crippen LogP contribution >= 0.6 is 11.3 Å². The van der Waals surface area contributed by atoms with Crippen LogP contribution in [0.1, 0.15) is 41.1 Å². The molecule has 0 spiro atoms. The van der Waals surface area contributed by atoms with Gasteiger partial charge in [-0.15, -0.1) is 11.3 Å². The number of aryl methyl sites for hydroxylation is 1. The van der Waals surface area contributed by atoms with Crippen LogP contribution in [-0.2, 0) is 16.1 Å². The van der Waals surface area contributed by atoms with E-state index >= 15 is 0 Å². The zero-order chi connectivity index (χ0) is 22.7. The lowest BCUT2D eigenvalue weighted by molar-refractivity contribution is -0.140. The Morgan fingerprint density at radius 2 is 2.03 bits per heavy atom. The molecule has 164 valence electrons. The summed E-state index contributed by atoms with van der Waals surface area (Å²) in [6.07, 6.45) is 2.50. The topological polar surface area (TPSA) is 79.7 Å². The highest BCUT2D eigenvalue weighted by atomic mass is 32.1. The first kappa shape index (κ1) is 21.8. The van der Waals surface area contributed by atoms with Crippen molar-refractivity contribution in [2.75, 3.05) is 6.61 Å². The highest BCUT2D eigenvalue weighted by molar-refractivity contribution is 7.09. The number of rotatable bonds is 7. The molecule has 1 aliphatic rings. The Bertz CT molecular complexity index is 1160. The lowest BCUT2D eigenvalue weighted by Gasteiger charge is -2.24. The number of hydrogen-bond acceptors (Lipinski definition) is 6. The Balaban J connectivity index is 1.79. The van der Waals surface area contributed by atoms with Crippen molar-refractivity contribution in [3.63, 3.8) is 0 Å². The number of aliphatic hydroxyl groups is 1. The first-order valence-corrected chi connectivity index (χ1v) is 11.3. The molecule has 0 saturated carbocycles. The highest BCUT2D eigenvalue weighted by Gasteiger charge is 2.46. The van der Waals surface area contributed by atoms with Crippen molar-refractivity contribution in [3.8, 4) is 5.75 Å². The first-order valence-electron chi connectivity index (χ1n) is 10.5. The average molecular weight is 449 g/mol. The molecule has 0 radical (unpaired) electrons. The van der Waals surface area contributed by atoms with Crippen molar-refractivity contribution in [2.45, 2.75) is 32.9 Å². The van der Waals surface area contributed by atoms with Gasteiger partial charge in [0.2, 0.25) is 0 Å². The molecule has 0 bridgehead atoms. The van der Waals surface area contributed by atoms with Crippen LogP contribution in [0, 0.1) is 6.92 Å². The molecule has 1 amide bonds. The van der Waals surface area contributed by atoms with E-state index in [1.54, 1.807) is 42.6 Å². The third-order valence-corrected chi connectivity index (χ3v) is 6.19. The van der Waals surface area contributed by atoms with Crippen LogP contribution in [0.5, 0.6) is 5.75 Å². The number of hydrogen-bond donors (Lipinski definition) is 1. The van der Waals surface area contributed by atoms with Crippen molar-refractivity contribution in [2.24, 2.45) is 0 Å². The van der Waals surface area contributed by atoms with E-state index in [0.29, 0.717) is 17.9 Å². The molecule has 3 aromatic rings. The van der Waals surface area contributed by atoms with Gasteiger partial charge in [-0.05, 0) is 60.7 Å². The van der Waals surface area contributed by atoms with E-state index in [1.807, 2.05) is 31.4 Å². The molecule has 7 heteroatoms. The molecular weight excluding hydrogens is 424 g/mol. The van der Waals surface area contributed by atoms with Crippen molar-refractivity contribution in [3.05, 3.63) is 87.4 Å². The number of nitrogens with zero attached hydrogens (tertiary/aromatic N) is 2. The molecule has 2 aromatic heterocycles. The minimum atomic E-state index is -0.769. The molecular formula is C25H24N2O4S. The van der Waals surface area contributed by atoms with Gasteiger partial charge < -0.3 is 14.7 Å². The van der Waals surface area contributed by atoms with E-state index in [1.165, 1.54) is 16.2 Å². The maximum atomic E-state index is 13.1.